The normalized spacial score (nSPS) is 29.9. The summed E-state index contributed by atoms with van der Waals surface area (Å²) in [4.78, 5) is 192. The van der Waals surface area contributed by atoms with Crippen molar-refractivity contribution in [1.82, 2.24) is 60.0 Å². The first kappa shape index (κ1) is 83.0. The summed E-state index contributed by atoms with van der Waals surface area (Å²) in [6, 6.07) is -8.87. The first-order valence-electron chi connectivity index (χ1n) is 37.8. The number of hydrogen-bond donors (Lipinski definition) is 3. The maximum Gasteiger partial charge on any atom is 0.393 e. The lowest BCUT2D eigenvalue weighted by Gasteiger charge is -2.44. The molecule has 3 saturated heterocycles. The Balaban J connectivity index is 1.29. The van der Waals surface area contributed by atoms with Gasteiger partial charge in [-0.1, -0.05) is 98.3 Å². The Morgan fingerprint density at radius 2 is 1.21 bits per heavy atom. The van der Waals surface area contributed by atoms with E-state index in [-0.39, 0.29) is 95.3 Å². The standard InChI is InChI=1S/C73H118ClF3N12O13/c1-12-47(4)62-69(99)83(7)43-60(92)81(5)44-61(93)85(9)55(40-48-24-16-13-17-25-48)67(97)82(6)42-58(90)78-53(31-29-49-28-30-51(52(74)39-49)73(75,76)77)66(96)89-36-37-102-45-57(89)65(95)80-72(32-20-21-33-72)71(101)87(11)63(50-26-18-14-19-27-50)70(100)86(10)56(68(98)88-34-22-15-23-35-88)41-59(91)84(8)54(38-46(2)3)64(94)79-62/h46-57,62-63H,12-45H2,1-11H3,(H,78,90)(H,79,94)(H,80,95)/t47-,49?,51?,52?,53-,54-,55-,56-,57+,62-,63-/m0/s1. The van der Waals surface area contributed by atoms with Crippen molar-refractivity contribution in [2.45, 2.75) is 254 Å². The summed E-state index contributed by atoms with van der Waals surface area (Å²) in [5.41, 5.74) is -1.61. The average Bonchev–Trinajstić information content (AvgIpc) is 1.39. The molecular weight excluding hydrogens is 1350 g/mol. The Kier molecular flexibility index (Phi) is 30.6. The molecule has 3 heterocycles. The van der Waals surface area contributed by atoms with Crippen LogP contribution in [-0.4, -0.2) is 276 Å². The van der Waals surface area contributed by atoms with Crippen molar-refractivity contribution in [2.24, 2.45) is 35.5 Å². The van der Waals surface area contributed by atoms with Crippen molar-refractivity contribution in [3.05, 3.63) is 0 Å². The van der Waals surface area contributed by atoms with Crippen LogP contribution in [0.5, 0.6) is 0 Å². The van der Waals surface area contributed by atoms with E-state index in [4.69, 9.17) is 16.3 Å². The van der Waals surface area contributed by atoms with Gasteiger partial charge in [0.15, 0.2) is 0 Å². The molecule has 0 aromatic rings. The number of fused-ring (bicyclic) bond motifs is 1. The Hall–Kier alpha value is -6.32. The van der Waals surface area contributed by atoms with E-state index in [0.29, 0.717) is 58.0 Å². The third-order valence-corrected chi connectivity index (χ3v) is 23.8. The smallest absolute Gasteiger partial charge is 0.377 e. The van der Waals surface area contributed by atoms with Gasteiger partial charge < -0.3 is 64.8 Å². The fraction of sp³-hybridized carbons (Fsp3) is 0.836. The lowest BCUT2D eigenvalue weighted by Crippen LogP contribution is -2.67. The van der Waals surface area contributed by atoms with Crippen LogP contribution in [0, 0.1) is 35.5 Å². The number of carbonyl (C=O) groups excluding carboxylic acids is 12. The second-order valence-electron chi connectivity index (χ2n) is 31.2. The quantitative estimate of drug-likeness (QED) is 0.209. The van der Waals surface area contributed by atoms with Gasteiger partial charge in [0.1, 0.15) is 47.8 Å². The molecule has 0 aromatic heterocycles. The van der Waals surface area contributed by atoms with E-state index < -0.39 is 174 Å². The van der Waals surface area contributed by atoms with Gasteiger partial charge in [0.05, 0.1) is 45.2 Å². The molecule has 4 saturated carbocycles. The van der Waals surface area contributed by atoms with Crippen LogP contribution in [0.25, 0.3) is 0 Å². The predicted octanol–water partition coefficient (Wildman–Crippen LogP) is 5.72. The lowest BCUT2D eigenvalue weighted by atomic mass is 9.78. The number of carbonyl (C=O) groups is 12. The molecule has 0 aromatic carbocycles. The molecule has 102 heavy (non-hydrogen) atoms. The minimum absolute atomic E-state index is 0.0169. The molecule has 7 rings (SSSR count). The number of halogens is 4. The van der Waals surface area contributed by atoms with E-state index in [2.05, 4.69) is 16.0 Å². The van der Waals surface area contributed by atoms with Crippen molar-refractivity contribution in [1.29, 1.82) is 0 Å². The Morgan fingerprint density at radius 3 is 1.81 bits per heavy atom. The van der Waals surface area contributed by atoms with E-state index in [9.17, 15) is 41.9 Å². The zero-order valence-electron chi connectivity index (χ0n) is 62.5. The van der Waals surface area contributed by atoms with Gasteiger partial charge in [0.2, 0.25) is 70.9 Å². The van der Waals surface area contributed by atoms with Crippen molar-refractivity contribution in [3.63, 3.8) is 0 Å². The van der Waals surface area contributed by atoms with Crippen LogP contribution in [-0.2, 0) is 62.3 Å². The summed E-state index contributed by atoms with van der Waals surface area (Å²) in [6.07, 6.45) is 6.99. The second kappa shape index (κ2) is 37.6. The van der Waals surface area contributed by atoms with E-state index >= 15 is 28.8 Å². The van der Waals surface area contributed by atoms with Gasteiger partial charge in [-0.05, 0) is 119 Å². The Labute approximate surface area is 606 Å². The number of piperidine rings is 1. The summed E-state index contributed by atoms with van der Waals surface area (Å²) in [5.74, 6) is -10.9. The number of alkyl halides is 4. The first-order chi connectivity index (χ1) is 48.2. The summed E-state index contributed by atoms with van der Waals surface area (Å²) < 4.78 is 48.0. The molecule has 3 N–H and O–H groups in total. The minimum atomic E-state index is -4.52. The molecule has 11 atom stereocenters. The number of likely N-dealkylation sites (tertiary alicyclic amines) is 1. The van der Waals surface area contributed by atoms with Crippen molar-refractivity contribution in [3.8, 4) is 0 Å². The number of amides is 12. The molecule has 0 radical (unpaired) electrons. The molecule has 12 amide bonds. The second-order valence-corrected chi connectivity index (χ2v) is 31.7. The van der Waals surface area contributed by atoms with Crippen LogP contribution in [0.3, 0.4) is 0 Å². The molecule has 29 heteroatoms. The van der Waals surface area contributed by atoms with E-state index in [1.807, 2.05) is 20.8 Å². The molecule has 3 unspecified atom stereocenters. The van der Waals surface area contributed by atoms with Crippen molar-refractivity contribution < 1.29 is 75.4 Å². The fourth-order valence-corrected chi connectivity index (χ4v) is 17.1. The third-order valence-electron chi connectivity index (χ3n) is 23.3. The van der Waals surface area contributed by atoms with Gasteiger partial charge in [0.25, 0.3) is 0 Å². The minimum Gasteiger partial charge on any atom is -0.377 e. The molecule has 0 bridgehead atoms. The van der Waals surface area contributed by atoms with E-state index in [1.165, 1.54) is 73.8 Å². The number of nitrogens with one attached hydrogen (secondary N) is 3. The zero-order valence-corrected chi connectivity index (χ0v) is 63.2. The number of likely N-dealkylation sites (N-methyl/N-ethyl adjacent to an activating group) is 7. The SMILES string of the molecule is CC[C@H](C)[C@@H]1NC(=O)[C@H](CC(C)C)N(C)C(=O)C[C@@H](C(=O)N2CCCCC2)N(C)C(=O)[C@H](C2CCCCC2)N(C)C(=O)C2(CCCC2)NC(=O)[C@H]2COCCN2C(=O)[C@H](CCC2CCC(C(F)(F)F)C(Cl)C2)NC(=O)CN(C)C(=O)[C@H](CC2CCCCC2)N(C)C(=O)CN(C)C(=O)CN(C)C1=O. The predicted molar refractivity (Wildman–Crippen MR) is 376 cm³/mol. The van der Waals surface area contributed by atoms with E-state index in [0.717, 1.165) is 72.5 Å². The highest BCUT2D eigenvalue weighted by molar-refractivity contribution is 6.21. The molecule has 3 aliphatic heterocycles. The first-order valence-corrected chi connectivity index (χ1v) is 38.2. The monoisotopic (exact) mass is 1460 g/mol. The maximum absolute atomic E-state index is 15.9. The van der Waals surface area contributed by atoms with Gasteiger partial charge >= 0.3 is 6.18 Å². The average molecular weight is 1460 g/mol. The number of nitrogens with zero attached hydrogens (tertiary/aromatic N) is 9. The maximum atomic E-state index is 15.9. The third kappa shape index (κ3) is 21.2. The van der Waals surface area contributed by atoms with Crippen molar-refractivity contribution >= 4 is 82.5 Å². The number of hydrogen-bond acceptors (Lipinski definition) is 13. The van der Waals surface area contributed by atoms with Crippen LogP contribution < -0.4 is 16.0 Å². The highest BCUT2D eigenvalue weighted by Crippen LogP contribution is 2.44. The van der Waals surface area contributed by atoms with Crippen LogP contribution in [0.4, 0.5) is 13.2 Å². The number of rotatable bonds is 11. The molecule has 576 valence electrons. The number of ether oxygens (including phenoxy) is 1. The summed E-state index contributed by atoms with van der Waals surface area (Å²) >= 11 is 6.42. The lowest BCUT2D eigenvalue weighted by molar-refractivity contribution is -0.182. The van der Waals surface area contributed by atoms with Crippen LogP contribution in [0.1, 0.15) is 195 Å². The summed E-state index contributed by atoms with van der Waals surface area (Å²) in [6.45, 7) is 5.95. The van der Waals surface area contributed by atoms with Gasteiger partial charge in [-0.25, -0.2) is 0 Å². The molecule has 7 fully saturated rings. The highest BCUT2D eigenvalue weighted by Gasteiger charge is 2.52. The summed E-state index contributed by atoms with van der Waals surface area (Å²) in [5, 5.41) is 7.56. The Bertz CT molecular complexity index is 2940. The van der Waals surface area contributed by atoms with E-state index in [1.54, 1.807) is 11.8 Å². The molecule has 4 aliphatic carbocycles. The van der Waals surface area contributed by atoms with Crippen LogP contribution >= 0.6 is 11.6 Å². The van der Waals surface area contributed by atoms with Crippen LogP contribution in [0.15, 0.2) is 0 Å². The topological polar surface area (TPSA) is 279 Å². The Morgan fingerprint density at radius 1 is 0.608 bits per heavy atom. The van der Waals surface area contributed by atoms with Crippen LogP contribution in [0.2, 0.25) is 0 Å². The number of morpholine rings is 1. The molecule has 25 nitrogen and oxygen atoms in total. The van der Waals surface area contributed by atoms with Gasteiger partial charge in [-0.15, -0.1) is 11.6 Å². The fourth-order valence-electron chi connectivity index (χ4n) is 16.6. The van der Waals surface area contributed by atoms with Gasteiger partial charge in [0, 0.05) is 74.3 Å². The largest absolute Gasteiger partial charge is 0.393 e. The molecular formula is C73H118ClF3N12O13. The molecule has 7 aliphatic rings. The van der Waals surface area contributed by atoms with Gasteiger partial charge in [-0.3, -0.25) is 57.5 Å². The van der Waals surface area contributed by atoms with Gasteiger partial charge in [-0.2, -0.15) is 13.2 Å². The zero-order chi connectivity index (χ0) is 75.1. The molecule has 1 spiro atoms. The summed E-state index contributed by atoms with van der Waals surface area (Å²) in [7, 11) is 10.0. The highest BCUT2D eigenvalue weighted by atomic mass is 35.5. The van der Waals surface area contributed by atoms with Crippen molar-refractivity contribution in [2.75, 3.05) is 102 Å².